The summed E-state index contributed by atoms with van der Waals surface area (Å²) in [5.41, 5.74) is 0. The van der Waals surface area contributed by atoms with E-state index in [0.29, 0.717) is 0 Å². The number of hydrogen-bond acceptors (Lipinski definition) is 4. The third kappa shape index (κ3) is 3.60. The smallest absolute Gasteiger partial charge is 0.293 e. The van der Waals surface area contributed by atoms with Gasteiger partial charge in [-0.05, 0) is 12.1 Å². The fraction of sp³-hybridized carbons (Fsp3) is 0.400. The highest BCUT2D eigenvalue weighted by atomic mass is 32.2. The number of nitrogens with zero attached hydrogens (tertiary/aromatic N) is 4. The van der Waals surface area contributed by atoms with Crippen LogP contribution in [-0.2, 0) is 16.6 Å². The lowest BCUT2D eigenvalue weighted by atomic mass is 10.3. The Morgan fingerprint density at radius 2 is 1.81 bits per heavy atom. The van der Waals surface area contributed by atoms with Gasteiger partial charge in [-0.2, -0.15) is 13.1 Å². The van der Waals surface area contributed by atoms with Gasteiger partial charge in [0.25, 0.3) is 0 Å². The van der Waals surface area contributed by atoms with Gasteiger partial charge in [0.2, 0.25) is 10.0 Å². The largest absolute Gasteiger partial charge is 0.319 e. The third-order valence-corrected chi connectivity index (χ3v) is 6.11. The van der Waals surface area contributed by atoms with Crippen molar-refractivity contribution in [2.24, 2.45) is 0 Å². The highest BCUT2D eigenvalue weighted by Gasteiger charge is 2.32. The first-order valence-corrected chi connectivity index (χ1v) is 9.21. The molecule has 1 aromatic carbocycles. The SMILES string of the molecule is O=S(=O)(c1cccc(F)c1F)N1CCN(Cc2nccn2C(F)F)CC1. The molecule has 1 saturated heterocycles. The number of halogens is 4. The van der Waals surface area contributed by atoms with Gasteiger partial charge in [-0.25, -0.2) is 22.2 Å². The van der Waals surface area contributed by atoms with E-state index in [1.54, 1.807) is 4.90 Å². The van der Waals surface area contributed by atoms with Crippen molar-refractivity contribution < 1.29 is 26.0 Å². The second kappa shape index (κ2) is 7.33. The van der Waals surface area contributed by atoms with Crippen molar-refractivity contribution in [3.8, 4) is 0 Å². The van der Waals surface area contributed by atoms with Crippen molar-refractivity contribution in [2.45, 2.75) is 18.0 Å². The zero-order chi connectivity index (χ0) is 18.9. The quantitative estimate of drug-likeness (QED) is 0.731. The maximum absolute atomic E-state index is 13.8. The van der Waals surface area contributed by atoms with E-state index in [-0.39, 0.29) is 38.5 Å². The van der Waals surface area contributed by atoms with Gasteiger partial charge in [-0.3, -0.25) is 9.47 Å². The molecule has 1 aliphatic rings. The van der Waals surface area contributed by atoms with Crippen molar-refractivity contribution >= 4 is 10.0 Å². The summed E-state index contributed by atoms with van der Waals surface area (Å²) in [5, 5.41) is 0. The van der Waals surface area contributed by atoms with Crippen LogP contribution in [0.15, 0.2) is 35.5 Å². The van der Waals surface area contributed by atoms with Gasteiger partial charge >= 0.3 is 6.55 Å². The summed E-state index contributed by atoms with van der Waals surface area (Å²) < 4.78 is 79.7. The van der Waals surface area contributed by atoms with Crippen molar-refractivity contribution in [2.75, 3.05) is 26.2 Å². The Bertz CT molecular complexity index is 880. The molecule has 0 radical (unpaired) electrons. The molecule has 3 rings (SSSR count). The zero-order valence-electron chi connectivity index (χ0n) is 13.5. The molecule has 0 aliphatic carbocycles. The number of aromatic nitrogens is 2. The molecule has 2 heterocycles. The predicted octanol–water partition coefficient (Wildman–Crippen LogP) is 2.06. The van der Waals surface area contributed by atoms with E-state index < -0.39 is 33.1 Å². The molecule has 1 aromatic heterocycles. The minimum atomic E-state index is -4.17. The molecule has 26 heavy (non-hydrogen) atoms. The molecule has 1 fully saturated rings. The Kier molecular flexibility index (Phi) is 5.30. The molecular weight excluding hydrogens is 376 g/mol. The molecule has 2 aromatic rings. The topological polar surface area (TPSA) is 58.4 Å². The molecule has 1 aliphatic heterocycles. The van der Waals surface area contributed by atoms with Crippen LogP contribution in [0.2, 0.25) is 0 Å². The summed E-state index contributed by atoms with van der Waals surface area (Å²) in [7, 11) is -4.17. The van der Waals surface area contributed by atoms with Crippen LogP contribution in [0.1, 0.15) is 12.4 Å². The normalized spacial score (nSPS) is 17.1. The van der Waals surface area contributed by atoms with E-state index in [0.717, 1.165) is 27.1 Å². The first-order valence-electron chi connectivity index (χ1n) is 7.77. The minimum Gasteiger partial charge on any atom is -0.293 e. The van der Waals surface area contributed by atoms with E-state index in [1.807, 2.05) is 0 Å². The molecule has 11 heteroatoms. The summed E-state index contributed by atoms with van der Waals surface area (Å²) >= 11 is 0. The summed E-state index contributed by atoms with van der Waals surface area (Å²) in [6, 6.07) is 2.99. The molecule has 0 N–H and O–H groups in total. The Labute approximate surface area is 147 Å². The highest BCUT2D eigenvalue weighted by Crippen LogP contribution is 2.23. The summed E-state index contributed by atoms with van der Waals surface area (Å²) in [6.45, 7) is -1.98. The summed E-state index contributed by atoms with van der Waals surface area (Å²) in [4.78, 5) is 4.95. The molecule has 0 amide bonds. The maximum Gasteiger partial charge on any atom is 0.319 e. The van der Waals surface area contributed by atoms with Crippen molar-refractivity contribution in [3.63, 3.8) is 0 Å². The van der Waals surface area contributed by atoms with Crippen molar-refractivity contribution in [1.29, 1.82) is 0 Å². The van der Waals surface area contributed by atoms with Crippen LogP contribution >= 0.6 is 0 Å². The fourth-order valence-corrected chi connectivity index (χ4v) is 4.29. The van der Waals surface area contributed by atoms with Gasteiger partial charge in [0, 0.05) is 38.6 Å². The number of alkyl halides is 2. The Balaban J connectivity index is 1.68. The lowest BCUT2D eigenvalue weighted by molar-refractivity contribution is 0.0626. The molecule has 0 spiro atoms. The maximum atomic E-state index is 13.8. The van der Waals surface area contributed by atoms with Gasteiger partial charge in [0.1, 0.15) is 10.7 Å². The lowest BCUT2D eigenvalue weighted by Crippen LogP contribution is -2.48. The van der Waals surface area contributed by atoms with Crippen LogP contribution in [0.25, 0.3) is 0 Å². The molecule has 0 bridgehead atoms. The highest BCUT2D eigenvalue weighted by molar-refractivity contribution is 7.89. The van der Waals surface area contributed by atoms with Crippen LogP contribution in [-0.4, -0.2) is 53.4 Å². The molecular formula is C15H16F4N4O2S. The van der Waals surface area contributed by atoms with Gasteiger partial charge in [0.05, 0.1) is 6.54 Å². The zero-order valence-corrected chi connectivity index (χ0v) is 14.3. The van der Waals surface area contributed by atoms with Crippen LogP contribution < -0.4 is 0 Å². The number of rotatable bonds is 5. The average molecular weight is 392 g/mol. The standard InChI is InChI=1S/C15H16F4N4O2S/c16-11-2-1-3-12(14(11)17)26(24,25)22-8-6-21(7-9-22)10-13-20-4-5-23(13)15(18)19/h1-5,15H,6-10H2. The molecule has 0 unspecified atom stereocenters. The number of piperazine rings is 1. The van der Waals surface area contributed by atoms with Crippen molar-refractivity contribution in [3.05, 3.63) is 48.1 Å². The fourth-order valence-electron chi connectivity index (χ4n) is 2.79. The van der Waals surface area contributed by atoms with Gasteiger partial charge in [0.15, 0.2) is 11.6 Å². The minimum absolute atomic E-state index is 0.0354. The molecule has 6 nitrogen and oxygen atoms in total. The first kappa shape index (κ1) is 18.8. The Morgan fingerprint density at radius 1 is 1.12 bits per heavy atom. The molecule has 0 saturated carbocycles. The number of benzene rings is 1. The van der Waals surface area contributed by atoms with E-state index in [9.17, 15) is 26.0 Å². The van der Waals surface area contributed by atoms with Crippen LogP contribution in [0.3, 0.4) is 0 Å². The third-order valence-electron chi connectivity index (χ3n) is 4.19. The van der Waals surface area contributed by atoms with E-state index in [4.69, 9.17) is 0 Å². The van der Waals surface area contributed by atoms with Crippen LogP contribution in [0.5, 0.6) is 0 Å². The molecule has 142 valence electrons. The number of sulfonamides is 1. The summed E-state index contributed by atoms with van der Waals surface area (Å²) in [6.07, 6.45) is 2.45. The second-order valence-electron chi connectivity index (χ2n) is 5.76. The first-order chi connectivity index (χ1) is 12.3. The monoisotopic (exact) mass is 392 g/mol. The summed E-state index contributed by atoms with van der Waals surface area (Å²) in [5.74, 6) is -2.47. The second-order valence-corrected chi connectivity index (χ2v) is 7.67. The van der Waals surface area contributed by atoms with Crippen LogP contribution in [0.4, 0.5) is 17.6 Å². The lowest BCUT2D eigenvalue weighted by Gasteiger charge is -2.33. The van der Waals surface area contributed by atoms with Gasteiger partial charge in [-0.15, -0.1) is 0 Å². The number of imidazole rings is 1. The number of hydrogen-bond donors (Lipinski definition) is 0. The van der Waals surface area contributed by atoms with Crippen molar-refractivity contribution in [1.82, 2.24) is 18.8 Å². The molecule has 0 atom stereocenters. The van der Waals surface area contributed by atoms with Gasteiger partial charge in [-0.1, -0.05) is 6.07 Å². The average Bonchev–Trinajstić information content (AvgIpc) is 3.06. The predicted molar refractivity (Wildman–Crippen MR) is 83.9 cm³/mol. The van der Waals surface area contributed by atoms with Gasteiger partial charge < -0.3 is 0 Å². The Morgan fingerprint density at radius 3 is 2.46 bits per heavy atom. The van der Waals surface area contributed by atoms with E-state index in [1.165, 1.54) is 12.4 Å². The Hall–Kier alpha value is -1.98. The van der Waals surface area contributed by atoms with Crippen LogP contribution in [0, 0.1) is 11.6 Å². The van der Waals surface area contributed by atoms with E-state index in [2.05, 4.69) is 4.98 Å². The van der Waals surface area contributed by atoms with E-state index >= 15 is 0 Å².